The number of alkyl halides is 2. The highest BCUT2D eigenvalue weighted by Gasteiger charge is 2.46. The van der Waals surface area contributed by atoms with Gasteiger partial charge in [0.2, 0.25) is 11.8 Å². The summed E-state index contributed by atoms with van der Waals surface area (Å²) in [5, 5.41) is 12.9. The van der Waals surface area contributed by atoms with E-state index in [1.54, 1.807) is 30.5 Å². The predicted molar refractivity (Wildman–Crippen MR) is 167 cm³/mol. The minimum Gasteiger partial charge on any atom is -0.384 e. The number of halogens is 2. The van der Waals surface area contributed by atoms with Gasteiger partial charge in [-0.15, -0.1) is 11.3 Å². The molecule has 1 aliphatic carbocycles. The molecule has 238 valence electrons. The predicted octanol–water partition coefficient (Wildman–Crippen LogP) is 3.55. The lowest BCUT2D eigenvalue weighted by atomic mass is 10.0. The summed E-state index contributed by atoms with van der Waals surface area (Å²) in [6.07, 6.45) is -0.111. The Morgan fingerprint density at radius 1 is 1.07 bits per heavy atom. The van der Waals surface area contributed by atoms with Crippen molar-refractivity contribution in [2.45, 2.75) is 55.7 Å². The Morgan fingerprint density at radius 2 is 1.76 bits per heavy atom. The molecule has 0 bridgehead atoms. The third-order valence-corrected chi connectivity index (χ3v) is 12.0. The summed E-state index contributed by atoms with van der Waals surface area (Å²) in [7, 11) is -3.67. The van der Waals surface area contributed by atoms with Crippen LogP contribution in [-0.2, 0) is 25.3 Å². The molecule has 2 heterocycles. The maximum absolute atomic E-state index is 14.9. The molecule has 1 aromatic heterocycles. The fraction of sp³-hybridized carbons (Fsp3) is 0.355. The van der Waals surface area contributed by atoms with Gasteiger partial charge in [0, 0.05) is 39.1 Å². The monoisotopic (exact) mass is 657 g/mol. The smallest absolute Gasteiger partial charge is 0.299 e. The van der Waals surface area contributed by atoms with Gasteiger partial charge in [-0.05, 0) is 56.5 Å². The van der Waals surface area contributed by atoms with Crippen molar-refractivity contribution in [1.29, 1.82) is 5.41 Å². The van der Waals surface area contributed by atoms with Crippen LogP contribution in [0.2, 0.25) is 0 Å². The highest BCUT2D eigenvalue weighted by atomic mass is 32.2. The first-order chi connectivity index (χ1) is 21.1. The molecule has 5 N–H and O–H groups in total. The first kappa shape index (κ1) is 32.2. The zero-order valence-electron chi connectivity index (χ0n) is 24.8. The molecule has 5 rings (SSSR count). The van der Waals surface area contributed by atoms with Crippen molar-refractivity contribution in [2.75, 3.05) is 13.1 Å². The lowest BCUT2D eigenvalue weighted by molar-refractivity contribution is -0.137. The number of thiophene rings is 1. The molecule has 14 heteroatoms. The fourth-order valence-electron chi connectivity index (χ4n) is 5.72. The van der Waals surface area contributed by atoms with E-state index in [0.29, 0.717) is 11.1 Å². The summed E-state index contributed by atoms with van der Waals surface area (Å²) in [4.78, 5) is 41.8. The number of nitrogen functional groups attached to an aromatic ring is 1. The van der Waals surface area contributed by atoms with Crippen LogP contribution < -0.4 is 16.4 Å². The molecule has 3 aromatic rings. The van der Waals surface area contributed by atoms with Crippen LogP contribution in [0.25, 0.3) is 11.1 Å². The quantitative estimate of drug-likeness (QED) is 0.203. The zero-order valence-corrected chi connectivity index (χ0v) is 26.4. The van der Waals surface area contributed by atoms with Crippen molar-refractivity contribution in [3.63, 3.8) is 0 Å². The largest absolute Gasteiger partial charge is 0.384 e. The van der Waals surface area contributed by atoms with Crippen molar-refractivity contribution < 1.29 is 31.6 Å². The second-order valence-corrected chi connectivity index (χ2v) is 15.2. The molecule has 45 heavy (non-hydrogen) atoms. The molecule has 0 spiro atoms. The van der Waals surface area contributed by atoms with Crippen LogP contribution in [0.5, 0.6) is 0 Å². The van der Waals surface area contributed by atoms with Gasteiger partial charge < -0.3 is 21.3 Å². The average Bonchev–Trinajstić information content (AvgIpc) is 3.72. The van der Waals surface area contributed by atoms with E-state index in [9.17, 15) is 31.6 Å². The Kier molecular flexibility index (Phi) is 8.57. The van der Waals surface area contributed by atoms with Crippen molar-refractivity contribution in [2.24, 2.45) is 5.73 Å². The number of nitrogens with one attached hydrogen (secondary N) is 3. The number of hydrogen-bond donors (Lipinski definition) is 4. The number of nitrogens with two attached hydrogens (primary N) is 1. The molecule has 2 aromatic carbocycles. The van der Waals surface area contributed by atoms with Gasteiger partial charge >= 0.3 is 0 Å². The summed E-state index contributed by atoms with van der Waals surface area (Å²) in [5.41, 5.74) is 6.30. The fourth-order valence-corrected chi connectivity index (χ4v) is 8.23. The minimum absolute atomic E-state index is 0.0692. The molecular formula is C31H33F2N5O5S2. The molecule has 3 atom stereocenters. The van der Waals surface area contributed by atoms with Crippen LogP contribution in [0, 0.1) is 5.41 Å². The van der Waals surface area contributed by atoms with Gasteiger partial charge in [-0.2, -0.15) is 8.78 Å². The van der Waals surface area contributed by atoms with E-state index in [1.807, 2.05) is 0 Å². The molecule has 2 aliphatic rings. The first-order valence-corrected chi connectivity index (χ1v) is 16.8. The molecule has 1 aliphatic heterocycles. The maximum Gasteiger partial charge on any atom is 0.299 e. The number of amides is 3. The van der Waals surface area contributed by atoms with Gasteiger partial charge in [-0.25, -0.2) is 8.42 Å². The van der Waals surface area contributed by atoms with Gasteiger partial charge in [0.25, 0.3) is 11.8 Å². The van der Waals surface area contributed by atoms with E-state index in [0.717, 1.165) is 4.88 Å². The number of likely N-dealkylation sites (tertiary alicyclic amines) is 1. The number of rotatable bonds is 9. The lowest BCUT2D eigenvalue weighted by Crippen LogP contribution is -2.49. The highest BCUT2D eigenvalue weighted by Crippen LogP contribution is 2.50. The Labute approximate surface area is 263 Å². The summed E-state index contributed by atoms with van der Waals surface area (Å²) in [6.45, 7) is 4.03. The molecule has 0 saturated carbocycles. The van der Waals surface area contributed by atoms with Crippen molar-refractivity contribution >= 4 is 44.7 Å². The lowest BCUT2D eigenvalue weighted by Gasteiger charge is -2.25. The highest BCUT2D eigenvalue weighted by molar-refractivity contribution is 7.92. The number of hydrogen-bond acceptors (Lipinski definition) is 7. The number of sulfone groups is 1. The second-order valence-electron chi connectivity index (χ2n) is 11.5. The van der Waals surface area contributed by atoms with E-state index in [2.05, 4.69) is 10.6 Å². The molecule has 0 radical (unpaired) electrons. The van der Waals surface area contributed by atoms with Crippen LogP contribution in [0.15, 0.2) is 53.9 Å². The molecular weight excluding hydrogens is 625 g/mol. The number of carbonyl (C=O) groups is 3. The Balaban J connectivity index is 1.31. The molecule has 10 nitrogen and oxygen atoms in total. The summed E-state index contributed by atoms with van der Waals surface area (Å²) in [5.74, 6) is -5.22. The van der Waals surface area contributed by atoms with Crippen LogP contribution in [0.4, 0.5) is 8.78 Å². The zero-order chi connectivity index (χ0) is 32.8. The average molecular weight is 658 g/mol. The van der Waals surface area contributed by atoms with E-state index in [-0.39, 0.29) is 41.1 Å². The normalized spacial score (nSPS) is 19.1. The third kappa shape index (κ3) is 5.96. The number of benzene rings is 2. The van der Waals surface area contributed by atoms with Gasteiger partial charge in [0.15, 0.2) is 9.84 Å². The summed E-state index contributed by atoms with van der Waals surface area (Å²) in [6, 6.07) is 9.93. The van der Waals surface area contributed by atoms with Gasteiger partial charge in [-0.3, -0.25) is 19.8 Å². The van der Waals surface area contributed by atoms with Crippen molar-refractivity contribution in [3.8, 4) is 11.1 Å². The molecule has 0 unspecified atom stereocenters. The van der Waals surface area contributed by atoms with Crippen molar-refractivity contribution in [1.82, 2.24) is 15.5 Å². The number of amidine groups is 1. The standard InChI is InChI=1S/C31H33F2N5O5S2/c1-16(2)45(42,43)20-12-25(30(41)37-17(3)26-11-19(15-44-26)28(34)35)38(14-20)27(39)13-36-29(40)18-8-9-24-22(10-18)21-6-4-5-7-23(21)31(24,32)33/h4-11,15-17,20,25H,12-14H2,1-3H3,(H3,34,35)(H,36,40)(H,37,41)/t17-,20-,25+/m1/s1. The van der Waals surface area contributed by atoms with Gasteiger partial charge in [0.1, 0.15) is 11.9 Å². The van der Waals surface area contributed by atoms with E-state index in [1.165, 1.54) is 60.4 Å². The molecule has 1 saturated heterocycles. The Bertz CT molecular complexity index is 1810. The first-order valence-electron chi connectivity index (χ1n) is 14.3. The van der Waals surface area contributed by atoms with Gasteiger partial charge in [-0.1, -0.05) is 30.3 Å². The minimum atomic E-state index is -3.67. The Morgan fingerprint density at radius 3 is 2.42 bits per heavy atom. The van der Waals surface area contributed by atoms with Crippen LogP contribution in [0.1, 0.15) is 65.2 Å². The van der Waals surface area contributed by atoms with E-state index >= 15 is 0 Å². The van der Waals surface area contributed by atoms with Crippen LogP contribution in [0.3, 0.4) is 0 Å². The summed E-state index contributed by atoms with van der Waals surface area (Å²) >= 11 is 1.30. The molecule has 1 fully saturated rings. The van der Waals surface area contributed by atoms with Crippen LogP contribution >= 0.6 is 11.3 Å². The number of nitrogens with zero attached hydrogens (tertiary/aromatic N) is 1. The number of carbonyl (C=O) groups excluding carboxylic acids is 3. The van der Waals surface area contributed by atoms with Crippen molar-refractivity contribution in [3.05, 3.63) is 81.0 Å². The SMILES string of the molecule is CC(C)S(=O)(=O)[C@@H]1C[C@@H](C(=O)N[C@H](C)c2cc(C(=N)N)cs2)N(C(=O)CNC(=O)c2ccc3c(c2)-c2ccccc2C3(F)F)C1. The van der Waals surface area contributed by atoms with Crippen LogP contribution in [-0.4, -0.2) is 66.5 Å². The number of fused-ring (bicyclic) bond motifs is 3. The maximum atomic E-state index is 14.9. The van der Waals surface area contributed by atoms with E-state index < -0.39 is 62.6 Å². The third-order valence-electron chi connectivity index (χ3n) is 8.30. The van der Waals surface area contributed by atoms with E-state index in [4.69, 9.17) is 11.1 Å². The second kappa shape index (κ2) is 12.0. The van der Waals surface area contributed by atoms with Gasteiger partial charge in [0.05, 0.1) is 23.1 Å². The Hall–Kier alpha value is -4.17. The molecule has 3 amide bonds. The topological polar surface area (TPSA) is 163 Å². The summed E-state index contributed by atoms with van der Waals surface area (Å²) < 4.78 is 55.9.